The molecule has 0 saturated carbocycles. The summed E-state index contributed by atoms with van der Waals surface area (Å²) in [6, 6.07) is 0. The van der Waals surface area contributed by atoms with Crippen molar-refractivity contribution in [2.45, 2.75) is 45.3 Å². The van der Waals surface area contributed by atoms with Gasteiger partial charge in [-0.1, -0.05) is 0 Å². The minimum Gasteiger partial charge on any atom is -0.463 e. The summed E-state index contributed by atoms with van der Waals surface area (Å²) in [5.41, 5.74) is -0.161. The molecule has 0 bridgehead atoms. The summed E-state index contributed by atoms with van der Waals surface area (Å²) in [6.45, 7) is 3.38. The van der Waals surface area contributed by atoms with Gasteiger partial charge in [-0.2, -0.15) is 4.98 Å². The quantitative estimate of drug-likeness (QED) is 0.459. The van der Waals surface area contributed by atoms with Gasteiger partial charge in [0.25, 0.3) is 0 Å². The number of anilines is 1. The number of carbonyl (C=O) groups excluding carboxylic acids is 3. The van der Waals surface area contributed by atoms with Gasteiger partial charge in [0, 0.05) is 34.9 Å². The van der Waals surface area contributed by atoms with Gasteiger partial charge in [-0.05, 0) is 0 Å². The highest BCUT2D eigenvalue weighted by Gasteiger charge is 2.51. The normalized spacial score (nSPS) is 22.9. The van der Waals surface area contributed by atoms with E-state index < -0.39 is 48.0 Å². The number of hydrogen-bond donors (Lipinski definition) is 1. The van der Waals surface area contributed by atoms with Crippen LogP contribution in [0.1, 0.15) is 27.0 Å². The molecule has 0 aliphatic carbocycles. The first-order chi connectivity index (χ1) is 14.6. The fourth-order valence-corrected chi connectivity index (χ4v) is 3.49. The Balaban J connectivity index is 2.12. The standard InChI is InChI=1S/C18H23N5O8/c1-8(24)28-6-11-13(29-9(2)25)14(30-10(3)26)17(31-11)23-7-20-12-15(27)21-18(19-4)22(5)16(12)23/h7,11,13-14,17H,6H2,1-5H3,(H,19,21,27)/t11-,13-,14-,17-/m1/s1. The molecule has 1 saturated heterocycles. The molecule has 0 spiro atoms. The van der Waals surface area contributed by atoms with E-state index in [2.05, 4.69) is 15.3 Å². The summed E-state index contributed by atoms with van der Waals surface area (Å²) in [7, 11) is 3.27. The number of esters is 3. The molecule has 0 amide bonds. The molecule has 1 fully saturated rings. The maximum absolute atomic E-state index is 12.4. The van der Waals surface area contributed by atoms with E-state index >= 15 is 0 Å². The molecule has 2 aromatic rings. The smallest absolute Gasteiger partial charge is 0.303 e. The Morgan fingerprint density at radius 2 is 1.77 bits per heavy atom. The lowest BCUT2D eigenvalue weighted by Crippen LogP contribution is -2.40. The van der Waals surface area contributed by atoms with Crippen molar-refractivity contribution in [1.82, 2.24) is 19.1 Å². The Morgan fingerprint density at radius 3 is 2.35 bits per heavy atom. The molecule has 1 N–H and O–H groups in total. The molecule has 13 heteroatoms. The fraction of sp³-hybridized carbons (Fsp3) is 0.556. The van der Waals surface area contributed by atoms with Gasteiger partial charge in [-0.25, -0.2) is 4.98 Å². The zero-order chi connectivity index (χ0) is 22.9. The lowest BCUT2D eigenvalue weighted by molar-refractivity contribution is -0.166. The van der Waals surface area contributed by atoms with E-state index in [0.29, 0.717) is 5.65 Å². The average Bonchev–Trinajstić information content (AvgIpc) is 3.25. The van der Waals surface area contributed by atoms with Crippen LogP contribution in [0.3, 0.4) is 0 Å². The number of ether oxygens (including phenoxy) is 4. The number of carbonyl (C=O) groups is 3. The molecule has 0 unspecified atom stereocenters. The van der Waals surface area contributed by atoms with Crippen molar-refractivity contribution < 1.29 is 33.3 Å². The number of imidazole rings is 1. The molecular formula is C18H23N5O8. The van der Waals surface area contributed by atoms with Crippen LogP contribution in [0, 0.1) is 0 Å². The van der Waals surface area contributed by atoms with Gasteiger partial charge in [-0.3, -0.25) is 28.3 Å². The minimum atomic E-state index is -1.10. The third-order valence-electron chi connectivity index (χ3n) is 4.65. The van der Waals surface area contributed by atoms with Crippen LogP contribution in [0.15, 0.2) is 11.1 Å². The second kappa shape index (κ2) is 8.71. The van der Waals surface area contributed by atoms with Crippen LogP contribution in [0.2, 0.25) is 0 Å². The number of rotatable bonds is 6. The van der Waals surface area contributed by atoms with Crippen molar-refractivity contribution in [3.63, 3.8) is 0 Å². The minimum absolute atomic E-state index is 0.0687. The summed E-state index contributed by atoms with van der Waals surface area (Å²) in [6.07, 6.45) is -2.78. The lowest BCUT2D eigenvalue weighted by Gasteiger charge is -2.24. The van der Waals surface area contributed by atoms with Gasteiger partial charge >= 0.3 is 23.5 Å². The molecule has 2 aromatic heterocycles. The molecule has 3 rings (SSSR count). The van der Waals surface area contributed by atoms with E-state index in [1.165, 1.54) is 31.7 Å². The van der Waals surface area contributed by atoms with Crippen LogP contribution in [0.4, 0.5) is 5.95 Å². The van der Waals surface area contributed by atoms with E-state index in [9.17, 15) is 19.2 Å². The van der Waals surface area contributed by atoms with Crippen molar-refractivity contribution >= 4 is 35.0 Å². The predicted octanol–water partition coefficient (Wildman–Crippen LogP) is -0.504. The number of aryl methyl sites for hydroxylation is 1. The van der Waals surface area contributed by atoms with Gasteiger partial charge in [0.05, 0.1) is 6.33 Å². The Morgan fingerprint density at radius 1 is 1.13 bits per heavy atom. The molecule has 31 heavy (non-hydrogen) atoms. The van der Waals surface area contributed by atoms with Crippen molar-refractivity contribution in [3.05, 3.63) is 16.7 Å². The highest BCUT2D eigenvalue weighted by Crippen LogP contribution is 2.36. The molecule has 168 valence electrons. The third-order valence-corrected chi connectivity index (χ3v) is 4.65. The zero-order valence-electron chi connectivity index (χ0n) is 17.6. The second-order valence-electron chi connectivity index (χ2n) is 6.89. The first-order valence-electron chi connectivity index (χ1n) is 9.38. The van der Waals surface area contributed by atoms with Crippen LogP contribution < -0.4 is 10.9 Å². The summed E-state index contributed by atoms with van der Waals surface area (Å²) in [5.74, 6) is -1.56. The zero-order valence-corrected chi connectivity index (χ0v) is 17.6. The highest BCUT2D eigenvalue weighted by atomic mass is 16.7. The Kier molecular flexibility index (Phi) is 6.24. The summed E-state index contributed by atoms with van der Waals surface area (Å²) in [4.78, 5) is 55.2. The molecule has 1 aliphatic heterocycles. The van der Waals surface area contributed by atoms with E-state index in [0.717, 1.165) is 0 Å². The molecule has 0 aromatic carbocycles. The highest BCUT2D eigenvalue weighted by molar-refractivity contribution is 5.72. The monoisotopic (exact) mass is 437 g/mol. The molecular weight excluding hydrogens is 414 g/mol. The van der Waals surface area contributed by atoms with Gasteiger partial charge in [0.1, 0.15) is 12.7 Å². The Labute approximate surface area is 176 Å². The van der Waals surface area contributed by atoms with Gasteiger partial charge < -0.3 is 24.3 Å². The van der Waals surface area contributed by atoms with Crippen molar-refractivity contribution in [3.8, 4) is 0 Å². The third kappa shape index (κ3) is 4.35. The van der Waals surface area contributed by atoms with Crippen LogP contribution in [-0.4, -0.2) is 69.0 Å². The van der Waals surface area contributed by atoms with Crippen LogP contribution in [0.5, 0.6) is 0 Å². The molecule has 4 atom stereocenters. The first-order valence-corrected chi connectivity index (χ1v) is 9.38. The number of hydrogen-bond acceptors (Lipinski definition) is 11. The summed E-state index contributed by atoms with van der Waals surface area (Å²) in [5, 5.41) is 2.81. The largest absolute Gasteiger partial charge is 0.463 e. The predicted molar refractivity (Wildman–Crippen MR) is 104 cm³/mol. The Bertz CT molecular complexity index is 1080. The molecule has 3 heterocycles. The number of fused-ring (bicyclic) bond motifs is 1. The van der Waals surface area contributed by atoms with E-state index in [-0.39, 0.29) is 18.1 Å². The SMILES string of the molecule is CNc1nc(=O)c2ncn([C@@H]3O[C@H](COC(C)=O)[C@@H](OC(C)=O)[C@H]3OC(C)=O)c2n1C. The molecule has 13 nitrogen and oxygen atoms in total. The number of aromatic nitrogens is 4. The maximum atomic E-state index is 12.4. The second-order valence-corrected chi connectivity index (χ2v) is 6.89. The topological polar surface area (TPSA) is 153 Å². The van der Waals surface area contributed by atoms with Crippen LogP contribution >= 0.6 is 0 Å². The van der Waals surface area contributed by atoms with E-state index in [4.69, 9.17) is 18.9 Å². The first kappa shape index (κ1) is 22.2. The lowest BCUT2D eigenvalue weighted by atomic mass is 10.1. The van der Waals surface area contributed by atoms with E-state index in [1.54, 1.807) is 18.7 Å². The maximum Gasteiger partial charge on any atom is 0.303 e. The van der Waals surface area contributed by atoms with Gasteiger partial charge in [0.2, 0.25) is 5.95 Å². The van der Waals surface area contributed by atoms with Crippen LogP contribution in [0.25, 0.3) is 11.2 Å². The fourth-order valence-electron chi connectivity index (χ4n) is 3.49. The average molecular weight is 437 g/mol. The van der Waals surface area contributed by atoms with Crippen molar-refractivity contribution in [2.75, 3.05) is 19.0 Å². The van der Waals surface area contributed by atoms with Crippen molar-refractivity contribution in [2.24, 2.45) is 7.05 Å². The number of nitrogens with one attached hydrogen (secondary N) is 1. The molecule has 1 aliphatic rings. The number of nitrogens with zero attached hydrogens (tertiary/aromatic N) is 4. The van der Waals surface area contributed by atoms with Gasteiger partial charge in [0.15, 0.2) is 29.6 Å². The molecule has 0 radical (unpaired) electrons. The van der Waals surface area contributed by atoms with Crippen LogP contribution in [-0.2, 0) is 40.4 Å². The van der Waals surface area contributed by atoms with Gasteiger partial charge in [-0.15, -0.1) is 0 Å². The van der Waals surface area contributed by atoms with Crippen molar-refractivity contribution in [1.29, 1.82) is 0 Å². The summed E-state index contributed by atoms with van der Waals surface area (Å²) < 4.78 is 24.9. The Hall–Kier alpha value is -3.48. The summed E-state index contributed by atoms with van der Waals surface area (Å²) >= 11 is 0. The van der Waals surface area contributed by atoms with E-state index in [1.807, 2.05) is 0 Å².